The van der Waals surface area contributed by atoms with Crippen LogP contribution in [0.25, 0.3) is 0 Å². The van der Waals surface area contributed by atoms with Gasteiger partial charge in [0, 0.05) is 35.4 Å². The van der Waals surface area contributed by atoms with Crippen molar-refractivity contribution in [3.8, 4) is 0 Å². The van der Waals surface area contributed by atoms with Crippen LogP contribution in [0.4, 0.5) is 5.82 Å². The van der Waals surface area contributed by atoms with E-state index in [9.17, 15) is 4.21 Å². The molecular formula is C6H8ClN3OS2. The summed E-state index contributed by atoms with van der Waals surface area (Å²) in [5.74, 6) is 2.14. The molecule has 1 aromatic rings. The molecule has 0 aromatic carbocycles. The largest absolute Gasteiger partial charge is 0.351 e. The second-order valence-electron chi connectivity index (χ2n) is 2.71. The maximum absolute atomic E-state index is 11.1. The maximum atomic E-state index is 11.1. The Morgan fingerprint density at radius 1 is 1.38 bits per heavy atom. The second kappa shape index (κ2) is 3.89. The highest BCUT2D eigenvalue weighted by Gasteiger charge is 2.19. The van der Waals surface area contributed by atoms with Crippen LogP contribution < -0.4 is 4.90 Å². The number of anilines is 1. The molecule has 0 radical (unpaired) electrons. The van der Waals surface area contributed by atoms with Gasteiger partial charge in [-0.1, -0.05) is 11.6 Å². The molecule has 1 fully saturated rings. The molecule has 0 bridgehead atoms. The Bertz CT molecular complexity index is 319. The molecule has 0 saturated carbocycles. The molecule has 1 aromatic heterocycles. The highest BCUT2D eigenvalue weighted by atomic mass is 35.5. The fourth-order valence-electron chi connectivity index (χ4n) is 1.21. The first-order valence-corrected chi connectivity index (χ1v) is 6.45. The summed E-state index contributed by atoms with van der Waals surface area (Å²) in [6.45, 7) is 1.52. The molecule has 0 amide bonds. The number of aromatic nitrogens is 2. The van der Waals surface area contributed by atoms with Crippen molar-refractivity contribution >= 4 is 39.9 Å². The first-order chi connectivity index (χ1) is 6.27. The van der Waals surface area contributed by atoms with E-state index in [1.165, 1.54) is 0 Å². The van der Waals surface area contributed by atoms with Gasteiger partial charge in [0.25, 0.3) is 0 Å². The smallest absolute Gasteiger partial charge is 0.187 e. The number of halogens is 1. The van der Waals surface area contributed by atoms with Gasteiger partial charge in [-0.2, -0.15) is 8.75 Å². The standard InChI is InChI=1S/C6H8ClN3OS2/c7-5-6(9-12-8-5)10-1-3-13(11)4-2-10/h1-4H2. The summed E-state index contributed by atoms with van der Waals surface area (Å²) >= 11 is 6.94. The van der Waals surface area contributed by atoms with Crippen molar-refractivity contribution in [1.82, 2.24) is 8.75 Å². The maximum Gasteiger partial charge on any atom is 0.187 e. The van der Waals surface area contributed by atoms with E-state index in [1.807, 2.05) is 4.90 Å². The van der Waals surface area contributed by atoms with Crippen LogP contribution in [0.5, 0.6) is 0 Å². The van der Waals surface area contributed by atoms with Gasteiger partial charge in [0.2, 0.25) is 0 Å². The molecule has 72 valence electrons. The van der Waals surface area contributed by atoms with Crippen LogP contribution in [0.3, 0.4) is 0 Å². The van der Waals surface area contributed by atoms with Crippen LogP contribution in [-0.4, -0.2) is 37.6 Å². The van der Waals surface area contributed by atoms with Gasteiger partial charge >= 0.3 is 0 Å². The Hall–Kier alpha value is -0.200. The lowest BCUT2D eigenvalue weighted by molar-refractivity contribution is 0.672. The Labute approximate surface area is 87.7 Å². The minimum Gasteiger partial charge on any atom is -0.351 e. The van der Waals surface area contributed by atoms with Gasteiger partial charge in [-0.25, -0.2) is 0 Å². The highest BCUT2D eigenvalue weighted by Crippen LogP contribution is 2.23. The Kier molecular flexibility index (Phi) is 2.80. The van der Waals surface area contributed by atoms with Crippen molar-refractivity contribution in [3.63, 3.8) is 0 Å². The predicted molar refractivity (Wildman–Crippen MR) is 55.0 cm³/mol. The monoisotopic (exact) mass is 237 g/mol. The van der Waals surface area contributed by atoms with E-state index in [4.69, 9.17) is 11.6 Å². The Morgan fingerprint density at radius 3 is 2.62 bits per heavy atom. The number of rotatable bonds is 1. The number of hydrogen-bond acceptors (Lipinski definition) is 5. The van der Waals surface area contributed by atoms with Crippen LogP contribution in [0.2, 0.25) is 5.15 Å². The molecule has 2 rings (SSSR count). The SMILES string of the molecule is O=S1CCN(c2nsnc2Cl)CC1. The van der Waals surface area contributed by atoms with Crippen molar-refractivity contribution < 1.29 is 4.21 Å². The lowest BCUT2D eigenvalue weighted by atomic mass is 10.5. The van der Waals surface area contributed by atoms with E-state index in [-0.39, 0.29) is 0 Å². The third kappa shape index (κ3) is 2.00. The summed E-state index contributed by atoms with van der Waals surface area (Å²) in [6.07, 6.45) is 0. The third-order valence-corrected chi connectivity index (χ3v) is 4.06. The summed E-state index contributed by atoms with van der Waals surface area (Å²) in [5, 5.41) is 0.456. The molecule has 1 aliphatic rings. The molecule has 0 atom stereocenters. The molecule has 1 saturated heterocycles. The molecular weight excluding hydrogens is 230 g/mol. The summed E-state index contributed by atoms with van der Waals surface area (Å²) in [6, 6.07) is 0. The molecule has 7 heteroatoms. The minimum atomic E-state index is -0.659. The van der Waals surface area contributed by atoms with Gasteiger partial charge in [-0.15, -0.1) is 0 Å². The van der Waals surface area contributed by atoms with E-state index < -0.39 is 10.8 Å². The summed E-state index contributed by atoms with van der Waals surface area (Å²) in [7, 11) is -0.659. The van der Waals surface area contributed by atoms with Crippen LogP contribution in [-0.2, 0) is 10.8 Å². The molecule has 1 aliphatic heterocycles. The van der Waals surface area contributed by atoms with Gasteiger partial charge in [-0.3, -0.25) is 4.21 Å². The lowest BCUT2D eigenvalue weighted by Crippen LogP contribution is -2.38. The summed E-state index contributed by atoms with van der Waals surface area (Å²) < 4.78 is 19.1. The van der Waals surface area contributed by atoms with Crippen molar-refractivity contribution in [2.24, 2.45) is 0 Å². The first-order valence-electron chi connectivity index (χ1n) is 3.85. The fourth-order valence-corrected chi connectivity index (χ4v) is 3.04. The molecule has 2 heterocycles. The minimum absolute atomic E-state index is 0.456. The predicted octanol–water partition coefficient (Wildman–Crippen LogP) is 0.760. The fraction of sp³-hybridized carbons (Fsp3) is 0.667. The average molecular weight is 238 g/mol. The summed E-state index contributed by atoms with van der Waals surface area (Å²) in [5.41, 5.74) is 0. The van der Waals surface area contributed by atoms with Crippen LogP contribution in [0.15, 0.2) is 0 Å². The van der Waals surface area contributed by atoms with Crippen molar-refractivity contribution in [2.75, 3.05) is 29.5 Å². The van der Waals surface area contributed by atoms with Gasteiger partial charge in [0.15, 0.2) is 11.0 Å². The van der Waals surface area contributed by atoms with E-state index in [2.05, 4.69) is 8.75 Å². The van der Waals surface area contributed by atoms with Crippen LogP contribution >= 0.6 is 23.3 Å². The third-order valence-electron chi connectivity index (χ3n) is 1.91. The normalized spacial score (nSPS) is 19.3. The molecule has 0 N–H and O–H groups in total. The molecule has 13 heavy (non-hydrogen) atoms. The van der Waals surface area contributed by atoms with E-state index in [0.717, 1.165) is 30.6 Å². The van der Waals surface area contributed by atoms with Gasteiger partial charge in [0.1, 0.15) is 0 Å². The van der Waals surface area contributed by atoms with Crippen LogP contribution in [0.1, 0.15) is 0 Å². The highest BCUT2D eigenvalue weighted by molar-refractivity contribution is 7.85. The van der Waals surface area contributed by atoms with Gasteiger partial charge in [0.05, 0.1) is 11.7 Å². The zero-order valence-electron chi connectivity index (χ0n) is 6.77. The quantitative estimate of drug-likeness (QED) is 0.724. The molecule has 0 unspecified atom stereocenters. The van der Waals surface area contributed by atoms with E-state index >= 15 is 0 Å². The molecule has 0 aliphatic carbocycles. The van der Waals surface area contributed by atoms with Crippen molar-refractivity contribution in [3.05, 3.63) is 5.15 Å². The van der Waals surface area contributed by atoms with Crippen molar-refractivity contribution in [2.45, 2.75) is 0 Å². The topological polar surface area (TPSA) is 46.1 Å². The zero-order chi connectivity index (χ0) is 9.26. The Morgan fingerprint density at radius 2 is 2.08 bits per heavy atom. The van der Waals surface area contributed by atoms with Crippen LogP contribution in [0, 0.1) is 0 Å². The van der Waals surface area contributed by atoms with Crippen molar-refractivity contribution in [1.29, 1.82) is 0 Å². The van der Waals surface area contributed by atoms with E-state index in [1.54, 1.807) is 0 Å². The van der Waals surface area contributed by atoms with Gasteiger partial charge in [-0.05, 0) is 0 Å². The van der Waals surface area contributed by atoms with E-state index in [0.29, 0.717) is 16.7 Å². The molecule has 4 nitrogen and oxygen atoms in total. The number of hydrogen-bond donors (Lipinski definition) is 0. The first kappa shape index (κ1) is 9.36. The second-order valence-corrected chi connectivity index (χ2v) is 5.30. The average Bonchev–Trinajstić information content (AvgIpc) is 2.53. The van der Waals surface area contributed by atoms with Gasteiger partial charge < -0.3 is 4.90 Å². The Balaban J connectivity index is 2.10. The molecule has 0 spiro atoms. The number of nitrogens with zero attached hydrogens (tertiary/aromatic N) is 3. The zero-order valence-corrected chi connectivity index (χ0v) is 9.16. The summed E-state index contributed by atoms with van der Waals surface area (Å²) in [4.78, 5) is 2.03. The lowest BCUT2D eigenvalue weighted by Gasteiger charge is -2.25.